The number of hydrogen-bond donors (Lipinski definition) is 1. The van der Waals surface area contributed by atoms with E-state index in [4.69, 9.17) is 4.84 Å². The molecular weight excluding hydrogens is 294 g/mol. The standard InChI is InChI=1S/C15H13N7O/c1-2-4-11(5-3-1)10-23-22-14-7-6-12(8-13(14)16-21-22)9-15-17-19-20-18-15/h1-8H,9-10H2,(H,17,18,19,20). The summed E-state index contributed by atoms with van der Waals surface area (Å²) in [5, 5.41) is 21.9. The van der Waals surface area contributed by atoms with Crippen molar-refractivity contribution in [1.82, 2.24) is 35.8 Å². The summed E-state index contributed by atoms with van der Waals surface area (Å²) in [6.07, 6.45) is 0.612. The van der Waals surface area contributed by atoms with Crippen LogP contribution in [0.5, 0.6) is 0 Å². The molecule has 8 heteroatoms. The van der Waals surface area contributed by atoms with Gasteiger partial charge in [-0.2, -0.15) is 0 Å². The van der Waals surface area contributed by atoms with Crippen LogP contribution < -0.4 is 4.84 Å². The molecule has 0 atom stereocenters. The molecule has 0 aliphatic heterocycles. The largest absolute Gasteiger partial charge is 0.390 e. The maximum Gasteiger partial charge on any atom is 0.152 e. The summed E-state index contributed by atoms with van der Waals surface area (Å²) in [6.45, 7) is 0.435. The molecule has 0 aliphatic carbocycles. The Balaban J connectivity index is 1.53. The van der Waals surface area contributed by atoms with Crippen molar-refractivity contribution >= 4 is 11.0 Å². The highest BCUT2D eigenvalue weighted by Gasteiger charge is 2.08. The Labute approximate surface area is 131 Å². The van der Waals surface area contributed by atoms with Crippen molar-refractivity contribution in [3.63, 3.8) is 0 Å². The van der Waals surface area contributed by atoms with E-state index in [-0.39, 0.29) is 0 Å². The second-order valence-electron chi connectivity index (χ2n) is 5.07. The van der Waals surface area contributed by atoms with Crippen LogP contribution in [0, 0.1) is 0 Å². The summed E-state index contributed by atoms with van der Waals surface area (Å²) in [5.74, 6) is 0.706. The van der Waals surface area contributed by atoms with Gasteiger partial charge in [0.15, 0.2) is 5.82 Å². The molecule has 2 aromatic heterocycles. The van der Waals surface area contributed by atoms with Crippen molar-refractivity contribution in [2.24, 2.45) is 0 Å². The first-order chi connectivity index (χ1) is 11.4. The SMILES string of the molecule is c1ccc(COn2nnc3cc(Cc4nnn[nH]4)ccc32)cc1. The first-order valence-electron chi connectivity index (χ1n) is 7.13. The Morgan fingerprint density at radius 2 is 1.91 bits per heavy atom. The molecule has 2 heterocycles. The van der Waals surface area contributed by atoms with E-state index in [2.05, 4.69) is 30.9 Å². The predicted molar refractivity (Wildman–Crippen MR) is 81.2 cm³/mol. The number of rotatable bonds is 5. The molecule has 4 aromatic rings. The van der Waals surface area contributed by atoms with E-state index in [0.29, 0.717) is 18.9 Å². The monoisotopic (exact) mass is 307 g/mol. The molecule has 0 spiro atoms. The third-order valence-electron chi connectivity index (χ3n) is 3.44. The minimum absolute atomic E-state index is 0.435. The van der Waals surface area contributed by atoms with E-state index < -0.39 is 0 Å². The van der Waals surface area contributed by atoms with Gasteiger partial charge in [0.1, 0.15) is 17.6 Å². The van der Waals surface area contributed by atoms with Crippen LogP contribution in [0.4, 0.5) is 0 Å². The Kier molecular flexibility index (Phi) is 3.39. The second kappa shape index (κ2) is 5.84. The minimum Gasteiger partial charge on any atom is -0.390 e. The lowest BCUT2D eigenvalue weighted by molar-refractivity contribution is 0.0752. The lowest BCUT2D eigenvalue weighted by Gasteiger charge is -2.05. The zero-order chi connectivity index (χ0) is 15.5. The molecule has 0 saturated heterocycles. The number of hydrogen-bond acceptors (Lipinski definition) is 6. The average Bonchev–Trinajstić information content (AvgIpc) is 3.23. The maximum absolute atomic E-state index is 5.70. The Morgan fingerprint density at radius 3 is 2.74 bits per heavy atom. The van der Waals surface area contributed by atoms with Crippen molar-refractivity contribution in [2.75, 3.05) is 0 Å². The molecule has 0 fully saturated rings. The molecular formula is C15H13N7O. The van der Waals surface area contributed by atoms with Gasteiger partial charge in [0, 0.05) is 6.42 Å². The van der Waals surface area contributed by atoms with Crippen molar-refractivity contribution in [2.45, 2.75) is 13.0 Å². The van der Waals surface area contributed by atoms with E-state index in [0.717, 1.165) is 22.2 Å². The van der Waals surface area contributed by atoms with Crippen LogP contribution >= 0.6 is 0 Å². The fourth-order valence-corrected chi connectivity index (χ4v) is 2.31. The second-order valence-corrected chi connectivity index (χ2v) is 5.07. The van der Waals surface area contributed by atoms with Crippen LogP contribution in [0.3, 0.4) is 0 Å². The molecule has 0 bridgehead atoms. The average molecular weight is 307 g/mol. The topological polar surface area (TPSA) is 94.4 Å². The van der Waals surface area contributed by atoms with Crippen LogP contribution in [0.15, 0.2) is 48.5 Å². The molecule has 114 valence electrons. The maximum atomic E-state index is 5.70. The van der Waals surface area contributed by atoms with E-state index in [1.54, 1.807) is 0 Å². The van der Waals surface area contributed by atoms with E-state index in [9.17, 15) is 0 Å². The number of nitrogens with one attached hydrogen (secondary N) is 1. The summed E-state index contributed by atoms with van der Waals surface area (Å²) in [4.78, 5) is 7.14. The molecule has 2 aromatic carbocycles. The Bertz CT molecular complexity index is 902. The number of benzene rings is 2. The van der Waals surface area contributed by atoms with Crippen LogP contribution in [0.1, 0.15) is 17.0 Å². The zero-order valence-electron chi connectivity index (χ0n) is 12.1. The predicted octanol–water partition coefficient (Wildman–Crippen LogP) is 1.16. The normalized spacial score (nSPS) is 11.0. The third-order valence-corrected chi connectivity index (χ3v) is 3.44. The molecule has 23 heavy (non-hydrogen) atoms. The van der Waals surface area contributed by atoms with Gasteiger partial charge in [-0.05, 0) is 38.9 Å². The van der Waals surface area contributed by atoms with Crippen molar-refractivity contribution in [3.8, 4) is 0 Å². The van der Waals surface area contributed by atoms with Gasteiger partial charge < -0.3 is 4.84 Å². The van der Waals surface area contributed by atoms with Gasteiger partial charge in [0.2, 0.25) is 0 Å². The number of tetrazole rings is 1. The highest BCUT2D eigenvalue weighted by molar-refractivity contribution is 5.74. The highest BCUT2D eigenvalue weighted by atomic mass is 16.7. The number of aromatic nitrogens is 7. The molecule has 0 unspecified atom stereocenters. The third kappa shape index (κ3) is 2.86. The van der Waals surface area contributed by atoms with Gasteiger partial charge in [-0.25, -0.2) is 5.10 Å². The Hall–Kier alpha value is -3.29. The lowest BCUT2D eigenvalue weighted by Crippen LogP contribution is -2.12. The number of nitrogens with zero attached hydrogens (tertiary/aromatic N) is 6. The van der Waals surface area contributed by atoms with Crippen molar-refractivity contribution < 1.29 is 4.84 Å². The molecule has 0 saturated carbocycles. The minimum atomic E-state index is 0.435. The first kappa shape index (κ1) is 13.4. The quantitative estimate of drug-likeness (QED) is 0.594. The molecule has 0 amide bonds. The number of aromatic amines is 1. The van der Waals surface area contributed by atoms with E-state index in [1.807, 2.05) is 48.5 Å². The smallest absolute Gasteiger partial charge is 0.152 e. The van der Waals surface area contributed by atoms with Crippen LogP contribution in [-0.4, -0.2) is 35.8 Å². The van der Waals surface area contributed by atoms with Crippen molar-refractivity contribution in [1.29, 1.82) is 0 Å². The van der Waals surface area contributed by atoms with Crippen molar-refractivity contribution in [3.05, 3.63) is 65.5 Å². The lowest BCUT2D eigenvalue weighted by atomic mass is 10.1. The number of H-pyrrole nitrogens is 1. The summed E-state index contributed by atoms with van der Waals surface area (Å²) in [7, 11) is 0. The summed E-state index contributed by atoms with van der Waals surface area (Å²) in [5.41, 5.74) is 3.71. The van der Waals surface area contributed by atoms with Gasteiger partial charge in [0.05, 0.1) is 0 Å². The Morgan fingerprint density at radius 1 is 1.00 bits per heavy atom. The highest BCUT2D eigenvalue weighted by Crippen LogP contribution is 2.14. The van der Waals surface area contributed by atoms with E-state index >= 15 is 0 Å². The summed E-state index contributed by atoms with van der Waals surface area (Å²) >= 11 is 0. The van der Waals surface area contributed by atoms with Crippen LogP contribution in [0.25, 0.3) is 11.0 Å². The molecule has 0 aliphatic rings. The molecule has 1 N–H and O–H groups in total. The molecule has 4 rings (SSSR count). The summed E-state index contributed by atoms with van der Waals surface area (Å²) < 4.78 is 0. The van der Waals surface area contributed by atoms with Gasteiger partial charge in [-0.3, -0.25) is 0 Å². The van der Waals surface area contributed by atoms with E-state index in [1.165, 1.54) is 4.85 Å². The fraction of sp³-hybridized carbons (Fsp3) is 0.133. The number of fused-ring (bicyclic) bond motifs is 1. The summed E-state index contributed by atoms with van der Waals surface area (Å²) in [6, 6.07) is 15.8. The van der Waals surface area contributed by atoms with Gasteiger partial charge in [-0.1, -0.05) is 41.2 Å². The van der Waals surface area contributed by atoms with Gasteiger partial charge >= 0.3 is 0 Å². The molecule has 8 nitrogen and oxygen atoms in total. The van der Waals surface area contributed by atoms with Gasteiger partial charge in [0.25, 0.3) is 0 Å². The van der Waals surface area contributed by atoms with Crippen LogP contribution in [-0.2, 0) is 13.0 Å². The fourth-order valence-electron chi connectivity index (χ4n) is 2.31. The van der Waals surface area contributed by atoms with Gasteiger partial charge in [-0.15, -0.1) is 10.2 Å². The zero-order valence-corrected chi connectivity index (χ0v) is 12.1. The first-order valence-corrected chi connectivity index (χ1v) is 7.13. The van der Waals surface area contributed by atoms with Crippen LogP contribution in [0.2, 0.25) is 0 Å². The molecule has 0 radical (unpaired) electrons.